The summed E-state index contributed by atoms with van der Waals surface area (Å²) < 4.78 is 5.00. The number of hydrogen-bond acceptors (Lipinski definition) is 4. The Labute approximate surface area is 130 Å². The van der Waals surface area contributed by atoms with E-state index >= 15 is 0 Å². The van der Waals surface area contributed by atoms with E-state index in [-0.39, 0.29) is 18.0 Å². The van der Waals surface area contributed by atoms with Crippen LogP contribution in [0, 0.1) is 0 Å². The van der Waals surface area contributed by atoms with Crippen LogP contribution in [0.15, 0.2) is 54.2 Å². The molecular weight excluding hydrogens is 278 g/mol. The van der Waals surface area contributed by atoms with Crippen molar-refractivity contribution in [3.05, 3.63) is 59.8 Å². The molecule has 0 atom stereocenters. The topological polar surface area (TPSA) is 46.6 Å². The lowest BCUT2D eigenvalue weighted by atomic mass is 9.97. The van der Waals surface area contributed by atoms with E-state index in [4.69, 9.17) is 4.74 Å². The Hall–Kier alpha value is -2.62. The average Bonchev–Trinajstić information content (AvgIpc) is 2.51. The molecule has 2 aromatic rings. The Morgan fingerprint density at radius 1 is 1.09 bits per heavy atom. The molecule has 0 aliphatic rings. The van der Waals surface area contributed by atoms with Crippen LogP contribution in [0.25, 0.3) is 10.8 Å². The number of ether oxygens (including phenoxy) is 1. The van der Waals surface area contributed by atoms with E-state index in [1.54, 1.807) is 32.0 Å². The second-order valence-electron chi connectivity index (χ2n) is 5.08. The van der Waals surface area contributed by atoms with Crippen LogP contribution in [0.1, 0.15) is 17.3 Å². The Kier molecular flexibility index (Phi) is 4.94. The molecule has 0 amide bonds. The van der Waals surface area contributed by atoms with Crippen molar-refractivity contribution in [1.29, 1.82) is 0 Å². The minimum Gasteiger partial charge on any atom is -0.462 e. The summed E-state index contributed by atoms with van der Waals surface area (Å²) in [6.07, 6.45) is 1.50. The quantitative estimate of drug-likeness (QED) is 0.280. The average molecular weight is 297 g/mol. The molecular formula is C18H19NO3. The Bertz CT molecular complexity index is 727. The molecule has 2 aromatic carbocycles. The number of carbonyl (C=O) groups is 2. The zero-order valence-corrected chi connectivity index (χ0v) is 13.0. The third kappa shape index (κ3) is 3.34. The van der Waals surface area contributed by atoms with Crippen LogP contribution in [0.2, 0.25) is 0 Å². The molecule has 0 saturated carbocycles. The lowest BCUT2D eigenvalue weighted by Gasteiger charge is -2.12. The van der Waals surface area contributed by atoms with Crippen LogP contribution in [-0.2, 0) is 9.53 Å². The van der Waals surface area contributed by atoms with Crippen LogP contribution >= 0.6 is 0 Å². The van der Waals surface area contributed by atoms with Gasteiger partial charge < -0.3 is 9.64 Å². The fraction of sp³-hybridized carbons (Fsp3) is 0.222. The third-order valence-corrected chi connectivity index (χ3v) is 3.16. The maximum Gasteiger partial charge on any atom is 0.343 e. The third-order valence-electron chi connectivity index (χ3n) is 3.16. The van der Waals surface area contributed by atoms with E-state index in [1.165, 1.54) is 6.20 Å². The number of ketones is 1. The van der Waals surface area contributed by atoms with Gasteiger partial charge in [0, 0.05) is 25.9 Å². The first kappa shape index (κ1) is 15.8. The van der Waals surface area contributed by atoms with Crippen molar-refractivity contribution in [1.82, 2.24) is 4.90 Å². The monoisotopic (exact) mass is 297 g/mol. The number of benzene rings is 2. The lowest BCUT2D eigenvalue weighted by molar-refractivity contribution is -0.138. The van der Waals surface area contributed by atoms with Crippen LogP contribution in [0.4, 0.5) is 0 Å². The number of Topliss-reactive ketones (excluding diaryl/α,β-unsaturated/α-hetero) is 1. The molecule has 0 N–H and O–H groups in total. The first-order valence-electron chi connectivity index (χ1n) is 7.12. The van der Waals surface area contributed by atoms with Gasteiger partial charge >= 0.3 is 5.97 Å². The molecule has 0 unspecified atom stereocenters. The van der Waals surface area contributed by atoms with E-state index in [1.807, 2.05) is 36.4 Å². The number of carbonyl (C=O) groups excluding carboxylic acids is 2. The maximum atomic E-state index is 12.8. The first-order chi connectivity index (χ1) is 10.5. The molecule has 0 aromatic heterocycles. The van der Waals surface area contributed by atoms with E-state index in [0.717, 1.165) is 10.8 Å². The normalized spacial score (nSPS) is 11.3. The van der Waals surface area contributed by atoms with Gasteiger partial charge in [-0.3, -0.25) is 4.79 Å². The van der Waals surface area contributed by atoms with Crippen LogP contribution in [0.5, 0.6) is 0 Å². The van der Waals surface area contributed by atoms with Crippen molar-refractivity contribution >= 4 is 22.5 Å². The molecule has 4 heteroatoms. The van der Waals surface area contributed by atoms with Gasteiger partial charge in [-0.1, -0.05) is 42.5 Å². The molecule has 0 radical (unpaired) electrons. The van der Waals surface area contributed by atoms with Crippen molar-refractivity contribution < 1.29 is 14.3 Å². The summed E-state index contributed by atoms with van der Waals surface area (Å²) in [5.41, 5.74) is 0.530. The molecule has 0 bridgehead atoms. The lowest BCUT2D eigenvalue weighted by Crippen LogP contribution is -2.19. The van der Waals surface area contributed by atoms with E-state index < -0.39 is 5.97 Å². The molecule has 2 rings (SSSR count). The summed E-state index contributed by atoms with van der Waals surface area (Å²) in [6, 6.07) is 13.1. The van der Waals surface area contributed by atoms with Crippen LogP contribution < -0.4 is 0 Å². The number of fused-ring (bicyclic) bond motifs is 1. The van der Waals surface area contributed by atoms with Crippen LogP contribution in [0.3, 0.4) is 0 Å². The summed E-state index contributed by atoms with van der Waals surface area (Å²) in [5, 5.41) is 1.78. The van der Waals surface area contributed by atoms with E-state index in [0.29, 0.717) is 5.56 Å². The van der Waals surface area contributed by atoms with Gasteiger partial charge in [-0.25, -0.2) is 4.79 Å². The van der Waals surface area contributed by atoms with Gasteiger partial charge in [0.15, 0.2) is 0 Å². The largest absolute Gasteiger partial charge is 0.462 e. The minimum atomic E-state index is -0.603. The highest BCUT2D eigenvalue weighted by atomic mass is 16.5. The molecule has 0 spiro atoms. The fourth-order valence-electron chi connectivity index (χ4n) is 2.24. The second kappa shape index (κ2) is 6.89. The smallest absolute Gasteiger partial charge is 0.343 e. The molecule has 114 valence electrons. The number of rotatable bonds is 5. The van der Waals surface area contributed by atoms with Gasteiger partial charge in [0.25, 0.3) is 0 Å². The first-order valence-corrected chi connectivity index (χ1v) is 7.12. The Morgan fingerprint density at radius 2 is 1.77 bits per heavy atom. The van der Waals surface area contributed by atoms with Gasteiger partial charge in [0.1, 0.15) is 5.57 Å². The standard InChI is InChI=1S/C18H19NO3/c1-4-22-18(21)16(12-19(2)3)17(20)15-11-7-9-13-8-5-6-10-14(13)15/h5-12H,4H2,1-3H3/b16-12-. The van der Waals surface area contributed by atoms with E-state index in [2.05, 4.69) is 0 Å². The summed E-state index contributed by atoms with van der Waals surface area (Å²) in [5.74, 6) is -0.932. The zero-order chi connectivity index (χ0) is 16.1. The predicted molar refractivity (Wildman–Crippen MR) is 86.7 cm³/mol. The second-order valence-corrected chi connectivity index (χ2v) is 5.08. The van der Waals surface area contributed by atoms with Crippen molar-refractivity contribution in [2.45, 2.75) is 6.92 Å². The summed E-state index contributed by atoms with van der Waals surface area (Å²) in [7, 11) is 3.52. The number of esters is 1. The fourth-order valence-corrected chi connectivity index (χ4v) is 2.24. The SMILES string of the molecule is CCOC(=O)/C(=C\N(C)C)C(=O)c1cccc2ccccc12. The summed E-state index contributed by atoms with van der Waals surface area (Å²) in [6.45, 7) is 1.94. The van der Waals surface area contributed by atoms with Gasteiger partial charge in [-0.2, -0.15) is 0 Å². The molecule has 0 saturated heterocycles. The van der Waals surface area contributed by atoms with Crippen LogP contribution in [-0.4, -0.2) is 37.4 Å². The summed E-state index contributed by atoms with van der Waals surface area (Å²) >= 11 is 0. The molecule has 0 aliphatic carbocycles. The van der Waals surface area contributed by atoms with Crippen molar-refractivity contribution in [2.75, 3.05) is 20.7 Å². The van der Waals surface area contributed by atoms with Gasteiger partial charge in [0.2, 0.25) is 5.78 Å². The number of nitrogens with zero attached hydrogens (tertiary/aromatic N) is 1. The minimum absolute atomic E-state index is 0.0307. The highest BCUT2D eigenvalue weighted by Gasteiger charge is 2.23. The highest BCUT2D eigenvalue weighted by Crippen LogP contribution is 2.21. The van der Waals surface area contributed by atoms with Crippen molar-refractivity contribution in [3.8, 4) is 0 Å². The maximum absolute atomic E-state index is 12.8. The van der Waals surface area contributed by atoms with Gasteiger partial charge in [-0.05, 0) is 17.7 Å². The Balaban J connectivity index is 2.52. The predicted octanol–water partition coefficient (Wildman–Crippen LogP) is 3.03. The Morgan fingerprint density at radius 3 is 2.45 bits per heavy atom. The zero-order valence-electron chi connectivity index (χ0n) is 13.0. The van der Waals surface area contributed by atoms with Gasteiger partial charge in [-0.15, -0.1) is 0 Å². The van der Waals surface area contributed by atoms with Gasteiger partial charge in [0.05, 0.1) is 6.61 Å². The highest BCUT2D eigenvalue weighted by molar-refractivity contribution is 6.27. The molecule has 0 aliphatic heterocycles. The molecule has 22 heavy (non-hydrogen) atoms. The molecule has 0 fully saturated rings. The molecule has 4 nitrogen and oxygen atoms in total. The summed E-state index contributed by atoms with van der Waals surface area (Å²) in [4.78, 5) is 26.6. The number of hydrogen-bond donors (Lipinski definition) is 0. The molecule has 0 heterocycles. The van der Waals surface area contributed by atoms with Crippen molar-refractivity contribution in [3.63, 3.8) is 0 Å². The van der Waals surface area contributed by atoms with E-state index in [9.17, 15) is 9.59 Å². The van der Waals surface area contributed by atoms with Crippen molar-refractivity contribution in [2.24, 2.45) is 0 Å².